The molecule has 5 nitrogen and oxygen atoms in total. The van der Waals surface area contributed by atoms with E-state index in [1.807, 2.05) is 21.0 Å². The van der Waals surface area contributed by atoms with Crippen LogP contribution in [0.2, 0.25) is 0 Å². The summed E-state index contributed by atoms with van der Waals surface area (Å²) >= 11 is 0. The van der Waals surface area contributed by atoms with Crippen LogP contribution in [0.1, 0.15) is 46.0 Å². The monoisotopic (exact) mass is 247 g/mol. The SMILES string of the molecule is CCCCCNC(CCC)(C(=O)O)N(C)C.N. The zero-order valence-corrected chi connectivity index (χ0v) is 11.8. The van der Waals surface area contributed by atoms with Gasteiger partial charge in [0.1, 0.15) is 0 Å². The number of carboxylic acids is 1. The lowest BCUT2D eigenvalue weighted by Gasteiger charge is -2.36. The fourth-order valence-electron chi connectivity index (χ4n) is 1.88. The molecule has 5 heteroatoms. The van der Waals surface area contributed by atoms with Crippen LogP contribution in [0.3, 0.4) is 0 Å². The normalized spacial score (nSPS) is 14.2. The fourth-order valence-corrected chi connectivity index (χ4v) is 1.88. The summed E-state index contributed by atoms with van der Waals surface area (Å²) in [6, 6.07) is 0. The Morgan fingerprint density at radius 1 is 1.24 bits per heavy atom. The zero-order chi connectivity index (χ0) is 12.6. The van der Waals surface area contributed by atoms with E-state index in [0.717, 1.165) is 32.2 Å². The van der Waals surface area contributed by atoms with E-state index in [1.54, 1.807) is 4.90 Å². The molecule has 0 aliphatic carbocycles. The molecule has 0 saturated heterocycles. The minimum Gasteiger partial charge on any atom is -0.479 e. The minimum absolute atomic E-state index is 0. The highest BCUT2D eigenvalue weighted by atomic mass is 16.4. The third kappa shape index (κ3) is 5.48. The van der Waals surface area contributed by atoms with Crippen molar-refractivity contribution in [1.82, 2.24) is 16.4 Å². The molecule has 0 aromatic rings. The predicted molar refractivity (Wildman–Crippen MR) is 71.5 cm³/mol. The Morgan fingerprint density at radius 3 is 2.18 bits per heavy atom. The Bertz CT molecular complexity index is 210. The van der Waals surface area contributed by atoms with Crippen LogP contribution in [-0.2, 0) is 4.79 Å². The van der Waals surface area contributed by atoms with E-state index in [0.29, 0.717) is 6.42 Å². The summed E-state index contributed by atoms with van der Waals surface area (Å²) in [6.45, 7) is 4.91. The summed E-state index contributed by atoms with van der Waals surface area (Å²) in [5, 5.41) is 12.6. The second-order valence-electron chi connectivity index (χ2n) is 4.44. The molecule has 104 valence electrons. The first-order valence-electron chi connectivity index (χ1n) is 6.17. The molecule has 0 aromatic heterocycles. The molecule has 17 heavy (non-hydrogen) atoms. The first-order valence-corrected chi connectivity index (χ1v) is 6.17. The summed E-state index contributed by atoms with van der Waals surface area (Å²) in [5.41, 5.74) is -0.900. The van der Waals surface area contributed by atoms with Crippen LogP contribution in [0.4, 0.5) is 0 Å². The van der Waals surface area contributed by atoms with Gasteiger partial charge in [-0.05, 0) is 33.5 Å². The second-order valence-corrected chi connectivity index (χ2v) is 4.44. The molecule has 0 radical (unpaired) electrons. The van der Waals surface area contributed by atoms with Crippen LogP contribution in [0.15, 0.2) is 0 Å². The number of unbranched alkanes of at least 4 members (excludes halogenated alkanes) is 2. The summed E-state index contributed by atoms with van der Waals surface area (Å²) < 4.78 is 0. The molecule has 0 rings (SSSR count). The minimum atomic E-state index is -0.900. The molecule has 0 fully saturated rings. The number of likely N-dealkylation sites (N-methyl/N-ethyl adjacent to an activating group) is 1. The molecule has 1 atom stereocenters. The number of carbonyl (C=O) groups is 1. The Hall–Kier alpha value is -0.650. The quantitative estimate of drug-likeness (QED) is 0.429. The molecular formula is C12H29N3O2. The second kappa shape index (κ2) is 9.39. The van der Waals surface area contributed by atoms with Gasteiger partial charge >= 0.3 is 5.97 Å². The van der Waals surface area contributed by atoms with Crippen LogP contribution < -0.4 is 11.5 Å². The van der Waals surface area contributed by atoms with Gasteiger partial charge in [0.2, 0.25) is 0 Å². The van der Waals surface area contributed by atoms with E-state index in [4.69, 9.17) is 0 Å². The van der Waals surface area contributed by atoms with E-state index >= 15 is 0 Å². The van der Waals surface area contributed by atoms with E-state index in [1.165, 1.54) is 0 Å². The van der Waals surface area contributed by atoms with Crippen LogP contribution in [-0.4, -0.2) is 42.3 Å². The number of carboxylic acid groups (broad SMARTS) is 1. The highest BCUT2D eigenvalue weighted by Gasteiger charge is 2.39. The predicted octanol–water partition coefficient (Wildman–Crippen LogP) is 2.07. The van der Waals surface area contributed by atoms with Gasteiger partial charge < -0.3 is 11.3 Å². The van der Waals surface area contributed by atoms with Crippen molar-refractivity contribution in [2.45, 2.75) is 51.6 Å². The number of rotatable bonds is 9. The van der Waals surface area contributed by atoms with E-state index < -0.39 is 11.6 Å². The molecule has 0 spiro atoms. The maximum absolute atomic E-state index is 11.4. The van der Waals surface area contributed by atoms with Crippen LogP contribution in [0.5, 0.6) is 0 Å². The van der Waals surface area contributed by atoms with Crippen LogP contribution in [0.25, 0.3) is 0 Å². The van der Waals surface area contributed by atoms with E-state index in [-0.39, 0.29) is 6.15 Å². The number of hydrogen-bond acceptors (Lipinski definition) is 4. The molecule has 0 saturated carbocycles. The van der Waals surface area contributed by atoms with Crippen LogP contribution >= 0.6 is 0 Å². The first kappa shape index (κ1) is 18.7. The molecule has 0 amide bonds. The van der Waals surface area contributed by atoms with Gasteiger partial charge in [-0.1, -0.05) is 33.1 Å². The largest absolute Gasteiger partial charge is 0.479 e. The average molecular weight is 247 g/mol. The molecule has 0 aliphatic rings. The summed E-state index contributed by atoms with van der Waals surface area (Å²) in [4.78, 5) is 13.2. The maximum Gasteiger partial charge on any atom is 0.339 e. The van der Waals surface area contributed by atoms with Gasteiger partial charge in [0.05, 0.1) is 0 Å². The molecule has 0 bridgehead atoms. The Kier molecular flexibility index (Phi) is 10.3. The van der Waals surface area contributed by atoms with Gasteiger partial charge in [-0.25, -0.2) is 4.79 Å². The van der Waals surface area contributed by atoms with Gasteiger partial charge in [-0.2, -0.15) is 0 Å². The third-order valence-electron chi connectivity index (χ3n) is 2.93. The summed E-state index contributed by atoms with van der Waals surface area (Å²) in [6.07, 6.45) is 4.80. The van der Waals surface area contributed by atoms with Crippen molar-refractivity contribution in [1.29, 1.82) is 0 Å². The smallest absolute Gasteiger partial charge is 0.339 e. The average Bonchev–Trinajstić information content (AvgIpc) is 2.21. The number of nitrogens with one attached hydrogen (secondary N) is 1. The van der Waals surface area contributed by atoms with Crippen molar-refractivity contribution >= 4 is 5.97 Å². The first-order chi connectivity index (χ1) is 7.51. The van der Waals surface area contributed by atoms with Gasteiger partial charge in [-0.3, -0.25) is 10.2 Å². The Morgan fingerprint density at radius 2 is 1.82 bits per heavy atom. The van der Waals surface area contributed by atoms with Gasteiger partial charge in [0.15, 0.2) is 5.66 Å². The zero-order valence-electron chi connectivity index (χ0n) is 11.8. The Balaban J connectivity index is 0. The molecular weight excluding hydrogens is 218 g/mol. The molecule has 1 unspecified atom stereocenters. The lowest BCUT2D eigenvalue weighted by atomic mass is 10.0. The van der Waals surface area contributed by atoms with Crippen LogP contribution in [0, 0.1) is 0 Å². The number of aliphatic carboxylic acids is 1. The maximum atomic E-state index is 11.4. The number of nitrogens with zero attached hydrogens (tertiary/aromatic N) is 1. The highest BCUT2D eigenvalue weighted by Crippen LogP contribution is 2.16. The van der Waals surface area contributed by atoms with Gasteiger partial charge in [0.25, 0.3) is 0 Å². The summed E-state index contributed by atoms with van der Waals surface area (Å²) in [5.74, 6) is -0.782. The topological polar surface area (TPSA) is 87.6 Å². The third-order valence-corrected chi connectivity index (χ3v) is 2.93. The van der Waals surface area contributed by atoms with E-state index in [2.05, 4.69) is 12.2 Å². The highest BCUT2D eigenvalue weighted by molar-refractivity contribution is 5.78. The van der Waals surface area contributed by atoms with Crippen molar-refractivity contribution in [3.8, 4) is 0 Å². The lowest BCUT2D eigenvalue weighted by Crippen LogP contribution is -2.61. The standard InChI is InChI=1S/C12H26N2O2.H3N/c1-5-7-8-10-13-12(9-6-2,11(15)16)14(3)4;/h13H,5-10H2,1-4H3,(H,15,16);1H3. The van der Waals surface area contributed by atoms with E-state index in [9.17, 15) is 9.90 Å². The van der Waals surface area contributed by atoms with Crippen molar-refractivity contribution in [2.24, 2.45) is 0 Å². The van der Waals surface area contributed by atoms with Crippen molar-refractivity contribution in [3.63, 3.8) is 0 Å². The molecule has 5 N–H and O–H groups in total. The molecule has 0 aromatic carbocycles. The molecule has 0 heterocycles. The Labute approximate surface area is 105 Å². The van der Waals surface area contributed by atoms with Crippen molar-refractivity contribution in [2.75, 3.05) is 20.6 Å². The van der Waals surface area contributed by atoms with Crippen molar-refractivity contribution in [3.05, 3.63) is 0 Å². The summed E-state index contributed by atoms with van der Waals surface area (Å²) in [7, 11) is 3.63. The van der Waals surface area contributed by atoms with Crippen molar-refractivity contribution < 1.29 is 9.90 Å². The number of hydrogen-bond donors (Lipinski definition) is 3. The fraction of sp³-hybridized carbons (Fsp3) is 0.917. The molecule has 0 aliphatic heterocycles. The van der Waals surface area contributed by atoms with Gasteiger partial charge in [-0.15, -0.1) is 0 Å². The van der Waals surface area contributed by atoms with Gasteiger partial charge in [0, 0.05) is 0 Å². The lowest BCUT2D eigenvalue weighted by molar-refractivity contribution is -0.153.